The average Bonchev–Trinajstić information content (AvgIpc) is 3.40. The summed E-state index contributed by atoms with van der Waals surface area (Å²) in [6.45, 7) is 8.99. The van der Waals surface area contributed by atoms with Gasteiger partial charge in [0, 0.05) is 13.1 Å². The lowest BCUT2D eigenvalue weighted by Gasteiger charge is -2.21. The van der Waals surface area contributed by atoms with Crippen LogP contribution in [0.25, 0.3) is 10.2 Å². The largest absolute Gasteiger partial charge is 0.494 e. The Morgan fingerprint density at radius 2 is 2.03 bits per heavy atom. The lowest BCUT2D eigenvalue weighted by molar-refractivity contribution is -0.121. The van der Waals surface area contributed by atoms with Gasteiger partial charge in [0.1, 0.15) is 11.8 Å². The van der Waals surface area contributed by atoms with Crippen molar-refractivity contribution in [2.24, 2.45) is 4.99 Å². The van der Waals surface area contributed by atoms with Crippen LogP contribution in [0.3, 0.4) is 0 Å². The third kappa shape index (κ3) is 4.66. The number of carbonyl (C=O) groups is 1. The topological polar surface area (TPSA) is 81.0 Å². The summed E-state index contributed by atoms with van der Waals surface area (Å²) in [6, 6.07) is 11.6. The fraction of sp³-hybridized carbons (Fsp3) is 0.333. The van der Waals surface area contributed by atoms with Crippen LogP contribution in [0.2, 0.25) is 0 Å². The summed E-state index contributed by atoms with van der Waals surface area (Å²) in [5, 5.41) is 0. The molecule has 0 saturated carbocycles. The minimum Gasteiger partial charge on any atom is -0.494 e. The molecule has 1 saturated heterocycles. The Morgan fingerprint density at radius 1 is 1.27 bits per heavy atom. The molecule has 2 aromatic carbocycles. The monoisotopic (exact) mass is 485 g/mol. The molecule has 0 aliphatic carbocycles. The molecule has 1 amide bonds. The molecule has 0 N–H and O–H groups in total. The molecule has 0 spiro atoms. The molecule has 1 atom stereocenters. The van der Waals surface area contributed by atoms with Crippen LogP contribution in [0.4, 0.5) is 0 Å². The normalized spacial score (nSPS) is 17.5. The number of sulfonamides is 1. The van der Waals surface area contributed by atoms with Crippen LogP contribution >= 0.6 is 11.3 Å². The minimum atomic E-state index is -3.78. The molecule has 9 heteroatoms. The van der Waals surface area contributed by atoms with Gasteiger partial charge in [0.25, 0.3) is 5.91 Å². The Balaban J connectivity index is 1.71. The van der Waals surface area contributed by atoms with Gasteiger partial charge >= 0.3 is 0 Å². The summed E-state index contributed by atoms with van der Waals surface area (Å²) < 4.78 is 36.2. The zero-order chi connectivity index (χ0) is 23.6. The molecule has 3 aromatic rings. The highest BCUT2D eigenvalue weighted by Gasteiger charge is 2.39. The third-order valence-corrected chi connectivity index (χ3v) is 8.56. The van der Waals surface area contributed by atoms with E-state index in [2.05, 4.69) is 11.6 Å². The molecule has 2 heterocycles. The first kappa shape index (κ1) is 23.4. The van der Waals surface area contributed by atoms with Gasteiger partial charge in [-0.3, -0.25) is 4.79 Å². The first-order valence-corrected chi connectivity index (χ1v) is 13.1. The zero-order valence-corrected chi connectivity index (χ0v) is 20.4. The van der Waals surface area contributed by atoms with Gasteiger partial charge < -0.3 is 9.30 Å². The van der Waals surface area contributed by atoms with Crippen LogP contribution in [-0.4, -0.2) is 42.4 Å². The van der Waals surface area contributed by atoms with Crippen LogP contribution in [0, 0.1) is 6.92 Å². The van der Waals surface area contributed by atoms with E-state index in [0.29, 0.717) is 37.3 Å². The Morgan fingerprint density at radius 3 is 2.73 bits per heavy atom. The van der Waals surface area contributed by atoms with E-state index in [4.69, 9.17) is 4.74 Å². The number of benzene rings is 2. The number of hydrogen-bond acceptors (Lipinski definition) is 5. The first-order chi connectivity index (χ1) is 15.8. The maximum atomic E-state index is 13.2. The van der Waals surface area contributed by atoms with Crippen molar-refractivity contribution in [1.29, 1.82) is 0 Å². The van der Waals surface area contributed by atoms with Crippen molar-refractivity contribution >= 4 is 37.5 Å². The second-order valence-electron chi connectivity index (χ2n) is 7.88. The fourth-order valence-electron chi connectivity index (χ4n) is 3.99. The van der Waals surface area contributed by atoms with E-state index < -0.39 is 22.0 Å². The Hall–Kier alpha value is -2.75. The quantitative estimate of drug-likeness (QED) is 0.476. The molecule has 1 aromatic heterocycles. The molecule has 1 aliphatic rings. The van der Waals surface area contributed by atoms with Crippen LogP contribution in [0.1, 0.15) is 25.3 Å². The van der Waals surface area contributed by atoms with E-state index in [1.807, 2.05) is 36.6 Å². The van der Waals surface area contributed by atoms with Crippen molar-refractivity contribution in [2.45, 2.75) is 44.2 Å². The van der Waals surface area contributed by atoms with E-state index in [9.17, 15) is 13.2 Å². The van der Waals surface area contributed by atoms with Crippen LogP contribution in [-0.2, 0) is 21.4 Å². The smallest absolute Gasteiger partial charge is 0.266 e. The number of aromatic nitrogens is 1. The van der Waals surface area contributed by atoms with Gasteiger partial charge in [-0.05, 0) is 57.0 Å². The number of ether oxygens (including phenoxy) is 1. The molecule has 1 unspecified atom stereocenters. The van der Waals surface area contributed by atoms with E-state index in [1.165, 1.54) is 15.6 Å². The molecule has 7 nitrogen and oxygen atoms in total. The summed E-state index contributed by atoms with van der Waals surface area (Å²) >= 11 is 1.38. The number of allylic oxidation sites excluding steroid dienone is 1. The van der Waals surface area contributed by atoms with Gasteiger partial charge in [0.05, 0.1) is 21.7 Å². The summed E-state index contributed by atoms with van der Waals surface area (Å²) in [7, 11) is -3.78. The van der Waals surface area contributed by atoms with E-state index >= 15 is 0 Å². The number of thiazole rings is 1. The summed E-state index contributed by atoms with van der Waals surface area (Å²) in [4.78, 5) is 18.3. The van der Waals surface area contributed by atoms with Gasteiger partial charge in [-0.2, -0.15) is 9.30 Å². The molecule has 1 aliphatic heterocycles. The number of hydrogen-bond donors (Lipinski definition) is 0. The molecule has 33 heavy (non-hydrogen) atoms. The van der Waals surface area contributed by atoms with Gasteiger partial charge in [-0.15, -0.1) is 6.58 Å². The predicted octanol–water partition coefficient (Wildman–Crippen LogP) is 3.88. The van der Waals surface area contributed by atoms with Crippen molar-refractivity contribution in [3.8, 4) is 5.75 Å². The molecule has 1 fully saturated rings. The van der Waals surface area contributed by atoms with Crippen molar-refractivity contribution in [1.82, 2.24) is 8.87 Å². The number of amides is 1. The lowest BCUT2D eigenvalue weighted by atomic mass is 10.2. The Bertz CT molecular complexity index is 1350. The van der Waals surface area contributed by atoms with Crippen molar-refractivity contribution in [3.05, 3.63) is 65.5 Å². The van der Waals surface area contributed by atoms with Crippen molar-refractivity contribution in [3.63, 3.8) is 0 Å². The standard InChI is InChI=1S/C24H27N3O4S2/c1-4-14-26-20-13-10-18(31-5-2)16-22(20)32-24(26)25-23(28)21-7-6-15-27(21)33(29,30)19-11-8-17(3)9-12-19/h4,8-13,16,21H,1,5-7,14-15H2,2-3H3. The van der Waals surface area contributed by atoms with E-state index in [1.54, 1.807) is 30.3 Å². The second kappa shape index (κ2) is 9.62. The number of nitrogens with zero attached hydrogens (tertiary/aromatic N) is 3. The second-order valence-corrected chi connectivity index (χ2v) is 10.8. The molecule has 0 radical (unpaired) electrons. The van der Waals surface area contributed by atoms with Crippen LogP contribution in [0.15, 0.2) is 65.0 Å². The predicted molar refractivity (Wildman–Crippen MR) is 130 cm³/mol. The molecular weight excluding hydrogens is 458 g/mol. The molecule has 174 valence electrons. The maximum absolute atomic E-state index is 13.2. The van der Waals surface area contributed by atoms with Gasteiger partial charge in [-0.1, -0.05) is 35.1 Å². The van der Waals surface area contributed by atoms with Crippen molar-refractivity contribution < 1.29 is 17.9 Å². The van der Waals surface area contributed by atoms with E-state index in [0.717, 1.165) is 21.5 Å². The summed E-state index contributed by atoms with van der Waals surface area (Å²) in [6.07, 6.45) is 2.82. The first-order valence-electron chi connectivity index (χ1n) is 10.9. The highest BCUT2D eigenvalue weighted by atomic mass is 32.2. The maximum Gasteiger partial charge on any atom is 0.266 e. The fourth-order valence-corrected chi connectivity index (χ4v) is 6.71. The average molecular weight is 486 g/mol. The third-order valence-electron chi connectivity index (χ3n) is 5.60. The Kier molecular flexibility index (Phi) is 6.83. The Labute approximate surface area is 197 Å². The number of aryl methyl sites for hydroxylation is 1. The molecule has 0 bridgehead atoms. The van der Waals surface area contributed by atoms with Crippen LogP contribution in [0.5, 0.6) is 5.75 Å². The summed E-state index contributed by atoms with van der Waals surface area (Å²) in [5.74, 6) is 0.304. The summed E-state index contributed by atoms with van der Waals surface area (Å²) in [5.41, 5.74) is 1.90. The highest BCUT2D eigenvalue weighted by Crippen LogP contribution is 2.28. The van der Waals surface area contributed by atoms with Gasteiger partial charge in [-0.25, -0.2) is 8.42 Å². The minimum absolute atomic E-state index is 0.194. The van der Waals surface area contributed by atoms with E-state index in [-0.39, 0.29) is 4.90 Å². The zero-order valence-electron chi connectivity index (χ0n) is 18.7. The number of rotatable bonds is 7. The van der Waals surface area contributed by atoms with Gasteiger partial charge in [0.2, 0.25) is 10.0 Å². The number of carbonyl (C=O) groups excluding carboxylic acids is 1. The van der Waals surface area contributed by atoms with Crippen molar-refractivity contribution in [2.75, 3.05) is 13.2 Å². The molecular formula is C24H27N3O4S2. The van der Waals surface area contributed by atoms with Crippen LogP contribution < -0.4 is 9.54 Å². The highest BCUT2D eigenvalue weighted by molar-refractivity contribution is 7.89. The molecule has 4 rings (SSSR count). The van der Waals surface area contributed by atoms with Gasteiger partial charge in [0.15, 0.2) is 4.80 Å². The SMILES string of the molecule is C=CCn1c(=NC(=O)C2CCCN2S(=O)(=O)c2ccc(C)cc2)sc2cc(OCC)ccc21. The number of fused-ring (bicyclic) bond motifs is 1. The lowest BCUT2D eigenvalue weighted by Crippen LogP contribution is -2.40.